The van der Waals surface area contributed by atoms with Crippen LogP contribution in [0.15, 0.2) is 108 Å². The summed E-state index contributed by atoms with van der Waals surface area (Å²) in [5.74, 6) is 0.186. The standard InChI is InChI=1S/C26H25NO2S/c28-30(29,23-16-8-3-9-17-23)27-20-26(21-12-4-1-5-13-21,22-14-6-2-7-15-22)24-18-10-11-19-25(24)27/h1-9,11-17,19,24-25H,10,18,20H2. The van der Waals surface area contributed by atoms with E-state index >= 15 is 0 Å². The van der Waals surface area contributed by atoms with E-state index in [9.17, 15) is 8.42 Å². The van der Waals surface area contributed by atoms with Gasteiger partial charge in [-0.1, -0.05) is 91.0 Å². The Morgan fingerprint density at radius 2 is 1.30 bits per heavy atom. The summed E-state index contributed by atoms with van der Waals surface area (Å²) in [4.78, 5) is 0.361. The van der Waals surface area contributed by atoms with Gasteiger partial charge in [-0.3, -0.25) is 0 Å². The Balaban J connectivity index is 1.72. The van der Waals surface area contributed by atoms with Crippen molar-refractivity contribution < 1.29 is 8.42 Å². The molecule has 0 amide bonds. The van der Waals surface area contributed by atoms with Crippen LogP contribution in [0.4, 0.5) is 0 Å². The molecular formula is C26H25NO2S. The predicted octanol–water partition coefficient (Wildman–Crippen LogP) is 5.01. The Morgan fingerprint density at radius 3 is 1.87 bits per heavy atom. The lowest BCUT2D eigenvalue weighted by Crippen LogP contribution is -2.38. The van der Waals surface area contributed by atoms with Crippen LogP contribution in [-0.2, 0) is 15.4 Å². The molecule has 3 nitrogen and oxygen atoms in total. The molecule has 2 aliphatic rings. The van der Waals surface area contributed by atoms with E-state index in [4.69, 9.17) is 0 Å². The number of rotatable bonds is 4. The highest BCUT2D eigenvalue weighted by molar-refractivity contribution is 7.89. The van der Waals surface area contributed by atoms with Crippen LogP contribution in [0.3, 0.4) is 0 Å². The van der Waals surface area contributed by atoms with Crippen molar-refractivity contribution in [2.45, 2.75) is 29.2 Å². The molecular weight excluding hydrogens is 390 g/mol. The Labute approximate surface area is 178 Å². The SMILES string of the molecule is O=S(=O)(c1ccccc1)N1CC(c2ccccc2)(c2ccccc2)C2CCC=CC21. The Kier molecular flexibility index (Phi) is 4.84. The fraction of sp³-hybridized carbons (Fsp3) is 0.231. The molecule has 0 bridgehead atoms. The number of hydrogen-bond acceptors (Lipinski definition) is 2. The highest BCUT2D eigenvalue weighted by atomic mass is 32.2. The zero-order valence-electron chi connectivity index (χ0n) is 16.8. The van der Waals surface area contributed by atoms with Crippen molar-refractivity contribution >= 4 is 10.0 Å². The summed E-state index contributed by atoms with van der Waals surface area (Å²) < 4.78 is 29.2. The maximum Gasteiger partial charge on any atom is 0.243 e. The largest absolute Gasteiger partial charge is 0.243 e. The third-order valence-electron chi connectivity index (χ3n) is 6.69. The van der Waals surface area contributed by atoms with Gasteiger partial charge in [0.1, 0.15) is 0 Å². The lowest BCUT2D eigenvalue weighted by molar-refractivity contribution is 0.332. The summed E-state index contributed by atoms with van der Waals surface area (Å²) in [6, 6.07) is 29.6. The first-order valence-corrected chi connectivity index (χ1v) is 11.9. The first-order chi connectivity index (χ1) is 14.6. The van der Waals surface area contributed by atoms with Crippen molar-refractivity contribution in [1.82, 2.24) is 4.31 Å². The van der Waals surface area contributed by atoms with Crippen LogP contribution < -0.4 is 0 Å². The molecule has 5 rings (SSSR count). The van der Waals surface area contributed by atoms with Gasteiger partial charge in [0.2, 0.25) is 10.0 Å². The molecule has 4 heteroatoms. The number of fused-ring (bicyclic) bond motifs is 1. The molecule has 1 heterocycles. The van der Waals surface area contributed by atoms with Gasteiger partial charge in [0.25, 0.3) is 0 Å². The zero-order chi connectivity index (χ0) is 20.6. The molecule has 2 atom stereocenters. The van der Waals surface area contributed by atoms with Gasteiger partial charge >= 0.3 is 0 Å². The average Bonchev–Trinajstić information content (AvgIpc) is 3.18. The molecule has 30 heavy (non-hydrogen) atoms. The van der Waals surface area contributed by atoms with E-state index in [2.05, 4.69) is 60.7 Å². The Hall–Kier alpha value is -2.69. The average molecular weight is 416 g/mol. The lowest BCUT2D eigenvalue weighted by Gasteiger charge is -2.38. The van der Waals surface area contributed by atoms with Crippen LogP contribution in [0.2, 0.25) is 0 Å². The highest BCUT2D eigenvalue weighted by Crippen LogP contribution is 2.52. The summed E-state index contributed by atoms with van der Waals surface area (Å²) in [6.07, 6.45) is 6.19. The Morgan fingerprint density at radius 1 is 0.767 bits per heavy atom. The van der Waals surface area contributed by atoms with E-state index in [1.807, 2.05) is 18.2 Å². The van der Waals surface area contributed by atoms with Crippen molar-refractivity contribution in [3.8, 4) is 0 Å². The van der Waals surface area contributed by atoms with Crippen LogP contribution >= 0.6 is 0 Å². The third-order valence-corrected chi connectivity index (χ3v) is 8.55. The molecule has 2 unspecified atom stereocenters. The number of hydrogen-bond donors (Lipinski definition) is 0. The normalized spacial score (nSPS) is 23.2. The quantitative estimate of drug-likeness (QED) is 0.562. The van der Waals surface area contributed by atoms with Gasteiger partial charge < -0.3 is 0 Å². The fourth-order valence-corrected chi connectivity index (χ4v) is 7.02. The van der Waals surface area contributed by atoms with Gasteiger partial charge in [-0.25, -0.2) is 8.42 Å². The van der Waals surface area contributed by atoms with Gasteiger partial charge in [-0.15, -0.1) is 0 Å². The molecule has 3 aromatic carbocycles. The molecule has 0 aromatic heterocycles. The molecule has 3 aromatic rings. The second kappa shape index (κ2) is 7.53. The summed E-state index contributed by atoms with van der Waals surface area (Å²) in [6.45, 7) is 0.442. The monoisotopic (exact) mass is 415 g/mol. The molecule has 1 saturated heterocycles. The minimum absolute atomic E-state index is 0.149. The molecule has 0 spiro atoms. The molecule has 1 aliphatic heterocycles. The van der Waals surface area contributed by atoms with Crippen molar-refractivity contribution in [3.63, 3.8) is 0 Å². The minimum Gasteiger partial charge on any atom is -0.207 e. The van der Waals surface area contributed by atoms with Crippen molar-refractivity contribution in [2.24, 2.45) is 5.92 Å². The second-order valence-corrected chi connectivity index (χ2v) is 10.1. The van der Waals surface area contributed by atoms with Gasteiger partial charge in [0.15, 0.2) is 0 Å². The molecule has 0 radical (unpaired) electrons. The van der Waals surface area contributed by atoms with Crippen LogP contribution in [0.1, 0.15) is 24.0 Å². The van der Waals surface area contributed by atoms with Crippen LogP contribution in [0, 0.1) is 5.92 Å². The topological polar surface area (TPSA) is 37.4 Å². The molecule has 1 aliphatic carbocycles. The van der Waals surface area contributed by atoms with Crippen LogP contribution in [0.5, 0.6) is 0 Å². The minimum atomic E-state index is -3.61. The van der Waals surface area contributed by atoms with Crippen molar-refractivity contribution in [1.29, 1.82) is 0 Å². The number of sulfonamides is 1. The second-order valence-electron chi connectivity index (χ2n) is 8.17. The number of allylic oxidation sites excluding steroid dienone is 1. The van der Waals surface area contributed by atoms with E-state index in [1.54, 1.807) is 28.6 Å². The van der Waals surface area contributed by atoms with Gasteiger partial charge in [0.05, 0.1) is 4.90 Å². The van der Waals surface area contributed by atoms with Crippen molar-refractivity contribution in [3.05, 3.63) is 114 Å². The van der Waals surface area contributed by atoms with Crippen LogP contribution in [-0.4, -0.2) is 25.3 Å². The smallest absolute Gasteiger partial charge is 0.207 e. The van der Waals surface area contributed by atoms with Gasteiger partial charge in [0, 0.05) is 18.0 Å². The van der Waals surface area contributed by atoms with E-state index in [0.717, 1.165) is 12.8 Å². The van der Waals surface area contributed by atoms with E-state index in [-0.39, 0.29) is 17.4 Å². The van der Waals surface area contributed by atoms with Gasteiger partial charge in [-0.05, 0) is 42.0 Å². The fourth-order valence-electron chi connectivity index (χ4n) is 5.34. The maximum absolute atomic E-state index is 13.7. The summed E-state index contributed by atoms with van der Waals surface area (Å²) in [5.41, 5.74) is 2.00. The molecule has 152 valence electrons. The van der Waals surface area contributed by atoms with E-state index in [0.29, 0.717) is 11.4 Å². The lowest BCUT2D eigenvalue weighted by atomic mass is 9.64. The highest BCUT2D eigenvalue weighted by Gasteiger charge is 2.56. The molecule has 1 fully saturated rings. The van der Waals surface area contributed by atoms with Gasteiger partial charge in [-0.2, -0.15) is 4.31 Å². The molecule has 0 N–H and O–H groups in total. The number of nitrogens with zero attached hydrogens (tertiary/aromatic N) is 1. The van der Waals surface area contributed by atoms with E-state index in [1.165, 1.54) is 11.1 Å². The first-order valence-electron chi connectivity index (χ1n) is 10.5. The maximum atomic E-state index is 13.7. The zero-order valence-corrected chi connectivity index (χ0v) is 17.6. The van der Waals surface area contributed by atoms with Crippen LogP contribution in [0.25, 0.3) is 0 Å². The first kappa shape index (κ1) is 19.3. The van der Waals surface area contributed by atoms with E-state index < -0.39 is 10.0 Å². The summed E-state index contributed by atoms with van der Waals surface area (Å²) in [5, 5.41) is 0. The summed E-state index contributed by atoms with van der Waals surface area (Å²) >= 11 is 0. The predicted molar refractivity (Wildman–Crippen MR) is 120 cm³/mol. The third kappa shape index (κ3) is 2.94. The molecule has 0 saturated carbocycles. The number of benzene rings is 3. The Bertz CT molecular complexity index is 1100. The van der Waals surface area contributed by atoms with Crippen molar-refractivity contribution in [2.75, 3.05) is 6.54 Å². The summed E-state index contributed by atoms with van der Waals surface area (Å²) in [7, 11) is -3.61.